The quantitative estimate of drug-likeness (QED) is 0.721. The smallest absolute Gasteiger partial charge is 0.0637 e. The summed E-state index contributed by atoms with van der Waals surface area (Å²) >= 11 is 6.15. The van der Waals surface area contributed by atoms with Gasteiger partial charge in [-0.25, -0.2) is 0 Å². The van der Waals surface area contributed by atoms with Crippen LogP contribution in [0, 0.1) is 0 Å². The van der Waals surface area contributed by atoms with Crippen LogP contribution in [-0.4, -0.2) is 46.6 Å². The first kappa shape index (κ1) is 18.2. The van der Waals surface area contributed by atoms with E-state index in [1.165, 1.54) is 5.56 Å². The third-order valence-corrected chi connectivity index (χ3v) is 3.75. The second kappa shape index (κ2) is 10.0. The van der Waals surface area contributed by atoms with Gasteiger partial charge in [-0.2, -0.15) is 0 Å². The van der Waals surface area contributed by atoms with Crippen molar-refractivity contribution in [3.63, 3.8) is 0 Å². The van der Waals surface area contributed by atoms with Crippen molar-refractivity contribution in [2.75, 3.05) is 45.4 Å². The fourth-order valence-electron chi connectivity index (χ4n) is 2.21. The number of rotatable bonds is 10. The number of halogens is 1. The van der Waals surface area contributed by atoms with Crippen LogP contribution < -0.4 is 10.6 Å². The van der Waals surface area contributed by atoms with Gasteiger partial charge in [0.2, 0.25) is 0 Å². The molecule has 0 radical (unpaired) electrons. The number of anilines is 1. The molecule has 0 aliphatic heterocycles. The summed E-state index contributed by atoms with van der Waals surface area (Å²) in [5.74, 6) is 0. The zero-order valence-electron chi connectivity index (χ0n) is 13.3. The molecule has 0 amide bonds. The first-order valence-electron chi connectivity index (χ1n) is 7.39. The molecule has 0 saturated heterocycles. The van der Waals surface area contributed by atoms with Crippen LogP contribution in [0.15, 0.2) is 18.2 Å². The molecule has 4 nitrogen and oxygen atoms in total. The Bertz CT molecular complexity index is 407. The van der Waals surface area contributed by atoms with Crippen LogP contribution in [0.25, 0.3) is 0 Å². The van der Waals surface area contributed by atoms with Gasteiger partial charge in [-0.3, -0.25) is 0 Å². The summed E-state index contributed by atoms with van der Waals surface area (Å²) in [6.07, 6.45) is 1.77. The predicted molar refractivity (Wildman–Crippen MR) is 89.4 cm³/mol. The molecule has 1 aromatic rings. The summed E-state index contributed by atoms with van der Waals surface area (Å²) in [6.45, 7) is 5.07. The van der Waals surface area contributed by atoms with Crippen molar-refractivity contribution in [1.29, 1.82) is 0 Å². The van der Waals surface area contributed by atoms with Gasteiger partial charge in [0.25, 0.3) is 0 Å². The molecule has 0 aliphatic carbocycles. The van der Waals surface area contributed by atoms with Crippen molar-refractivity contribution in [2.45, 2.75) is 25.8 Å². The molecular weight excluding hydrogens is 288 g/mol. The van der Waals surface area contributed by atoms with Gasteiger partial charge >= 0.3 is 0 Å². The molecule has 0 aliphatic rings. The molecule has 5 heteroatoms. The highest BCUT2D eigenvalue weighted by Gasteiger charge is 2.13. The molecule has 1 unspecified atom stereocenters. The number of methoxy groups -OCH3 is 2. The highest BCUT2D eigenvalue weighted by molar-refractivity contribution is 6.30. The summed E-state index contributed by atoms with van der Waals surface area (Å²) in [5.41, 5.74) is 8.46. The summed E-state index contributed by atoms with van der Waals surface area (Å²) < 4.78 is 10.4. The number of nitrogens with two attached hydrogens (primary N) is 1. The standard InChI is InChI=1S/C16H27ClN2O2/c1-4-15(18)12-13-11-14(17)5-6-16(13)19(7-9-20-2)8-10-21-3/h5-6,11,15H,4,7-10,12,18H2,1-3H3. The van der Waals surface area contributed by atoms with E-state index in [9.17, 15) is 0 Å². The Morgan fingerprint density at radius 1 is 1.19 bits per heavy atom. The van der Waals surface area contributed by atoms with E-state index in [0.717, 1.165) is 36.6 Å². The lowest BCUT2D eigenvalue weighted by Gasteiger charge is -2.27. The molecule has 0 aromatic heterocycles. The van der Waals surface area contributed by atoms with Crippen molar-refractivity contribution in [3.8, 4) is 0 Å². The van der Waals surface area contributed by atoms with Gasteiger partial charge in [-0.1, -0.05) is 18.5 Å². The molecule has 1 rings (SSSR count). The third kappa shape index (κ3) is 6.22. The molecular formula is C16H27ClN2O2. The first-order valence-corrected chi connectivity index (χ1v) is 7.77. The van der Waals surface area contributed by atoms with Gasteiger partial charge in [0.05, 0.1) is 13.2 Å². The Morgan fingerprint density at radius 2 is 1.81 bits per heavy atom. The van der Waals surface area contributed by atoms with Crippen LogP contribution in [0.5, 0.6) is 0 Å². The van der Waals surface area contributed by atoms with Gasteiger partial charge < -0.3 is 20.1 Å². The van der Waals surface area contributed by atoms with E-state index in [1.54, 1.807) is 14.2 Å². The molecule has 0 bridgehead atoms. The van der Waals surface area contributed by atoms with Gasteiger partial charge in [-0.15, -0.1) is 0 Å². The highest BCUT2D eigenvalue weighted by atomic mass is 35.5. The average Bonchev–Trinajstić information content (AvgIpc) is 2.48. The first-order chi connectivity index (χ1) is 10.1. The molecule has 0 heterocycles. The third-order valence-electron chi connectivity index (χ3n) is 3.52. The normalized spacial score (nSPS) is 12.4. The minimum absolute atomic E-state index is 0.147. The maximum absolute atomic E-state index is 6.15. The van der Waals surface area contributed by atoms with Crippen molar-refractivity contribution in [3.05, 3.63) is 28.8 Å². The lowest BCUT2D eigenvalue weighted by molar-refractivity contribution is 0.190. The maximum atomic E-state index is 6.15. The number of hydrogen-bond acceptors (Lipinski definition) is 4. The second-order valence-electron chi connectivity index (χ2n) is 5.12. The summed E-state index contributed by atoms with van der Waals surface area (Å²) in [4.78, 5) is 2.26. The average molecular weight is 315 g/mol. The monoisotopic (exact) mass is 314 g/mol. The number of ether oxygens (including phenoxy) is 2. The van der Waals surface area contributed by atoms with E-state index in [1.807, 2.05) is 12.1 Å². The Labute approximate surface area is 133 Å². The van der Waals surface area contributed by atoms with Crippen LogP contribution in [0.3, 0.4) is 0 Å². The van der Waals surface area contributed by atoms with Crippen molar-refractivity contribution >= 4 is 17.3 Å². The fourth-order valence-corrected chi connectivity index (χ4v) is 2.40. The maximum Gasteiger partial charge on any atom is 0.0637 e. The molecule has 1 atom stereocenters. The molecule has 0 saturated carbocycles. The van der Waals surface area contributed by atoms with Gasteiger partial charge in [0, 0.05) is 44.1 Å². The highest BCUT2D eigenvalue weighted by Crippen LogP contribution is 2.26. The molecule has 120 valence electrons. The van der Waals surface area contributed by atoms with Crippen LogP contribution in [-0.2, 0) is 15.9 Å². The van der Waals surface area contributed by atoms with E-state index >= 15 is 0 Å². The van der Waals surface area contributed by atoms with E-state index in [4.69, 9.17) is 26.8 Å². The number of benzene rings is 1. The van der Waals surface area contributed by atoms with Crippen LogP contribution in [0.1, 0.15) is 18.9 Å². The summed E-state index contributed by atoms with van der Waals surface area (Å²) in [7, 11) is 3.43. The van der Waals surface area contributed by atoms with Crippen molar-refractivity contribution in [1.82, 2.24) is 0 Å². The SMILES string of the molecule is CCC(N)Cc1cc(Cl)ccc1N(CCOC)CCOC. The summed E-state index contributed by atoms with van der Waals surface area (Å²) in [6, 6.07) is 6.14. The lowest BCUT2D eigenvalue weighted by atomic mass is 10.0. The minimum atomic E-state index is 0.147. The van der Waals surface area contributed by atoms with E-state index in [-0.39, 0.29) is 6.04 Å². The van der Waals surface area contributed by atoms with Crippen LogP contribution >= 0.6 is 11.6 Å². The summed E-state index contributed by atoms with van der Waals surface area (Å²) in [5, 5.41) is 0.746. The molecule has 1 aromatic carbocycles. The lowest BCUT2D eigenvalue weighted by Crippen LogP contribution is -2.32. The largest absolute Gasteiger partial charge is 0.383 e. The predicted octanol–water partition coefficient (Wildman–Crippen LogP) is 2.72. The van der Waals surface area contributed by atoms with Crippen molar-refractivity contribution in [2.24, 2.45) is 5.73 Å². The van der Waals surface area contributed by atoms with Gasteiger partial charge in [0.1, 0.15) is 0 Å². The molecule has 21 heavy (non-hydrogen) atoms. The van der Waals surface area contributed by atoms with E-state index in [2.05, 4.69) is 17.9 Å². The topological polar surface area (TPSA) is 47.7 Å². The van der Waals surface area contributed by atoms with E-state index < -0.39 is 0 Å². The second-order valence-corrected chi connectivity index (χ2v) is 5.55. The molecule has 2 N–H and O–H groups in total. The molecule has 0 fully saturated rings. The Morgan fingerprint density at radius 3 is 2.33 bits per heavy atom. The fraction of sp³-hybridized carbons (Fsp3) is 0.625. The van der Waals surface area contributed by atoms with Gasteiger partial charge in [-0.05, 0) is 36.6 Å². The number of hydrogen-bond donors (Lipinski definition) is 1. The van der Waals surface area contributed by atoms with Crippen LogP contribution in [0.4, 0.5) is 5.69 Å². The Hall–Kier alpha value is -0.810. The zero-order chi connectivity index (χ0) is 15.7. The van der Waals surface area contributed by atoms with Crippen LogP contribution in [0.2, 0.25) is 5.02 Å². The number of nitrogens with zero attached hydrogens (tertiary/aromatic N) is 1. The minimum Gasteiger partial charge on any atom is -0.383 e. The van der Waals surface area contributed by atoms with Gasteiger partial charge in [0.15, 0.2) is 0 Å². The Balaban J connectivity index is 2.97. The molecule has 0 spiro atoms. The van der Waals surface area contributed by atoms with E-state index in [0.29, 0.717) is 13.2 Å². The zero-order valence-corrected chi connectivity index (χ0v) is 14.0. The van der Waals surface area contributed by atoms with Crippen molar-refractivity contribution < 1.29 is 9.47 Å². The Kier molecular flexibility index (Phi) is 8.69.